The van der Waals surface area contributed by atoms with Crippen LogP contribution in [0.25, 0.3) is 0 Å². The maximum atomic E-state index is 13.9. The fraction of sp³-hybridized carbons (Fsp3) is 0.240. The van der Waals surface area contributed by atoms with Crippen LogP contribution in [0.5, 0.6) is 5.75 Å². The Hall–Kier alpha value is -3.39. The Balaban J connectivity index is 1.63. The highest BCUT2D eigenvalue weighted by molar-refractivity contribution is 7.92. The fourth-order valence-corrected chi connectivity index (χ4v) is 5.01. The van der Waals surface area contributed by atoms with Crippen LogP contribution in [-0.2, 0) is 21.4 Å². The summed E-state index contributed by atoms with van der Waals surface area (Å²) in [6.45, 7) is 3.76. The zero-order valence-corrected chi connectivity index (χ0v) is 19.2. The molecule has 0 unspecified atom stereocenters. The molecule has 0 fully saturated rings. The predicted molar refractivity (Wildman–Crippen MR) is 124 cm³/mol. The van der Waals surface area contributed by atoms with Gasteiger partial charge >= 0.3 is 0 Å². The molecule has 1 amide bonds. The van der Waals surface area contributed by atoms with Gasteiger partial charge in [0.1, 0.15) is 11.6 Å². The van der Waals surface area contributed by atoms with E-state index in [0.29, 0.717) is 22.6 Å². The highest BCUT2D eigenvalue weighted by Crippen LogP contribution is 2.33. The number of carbonyl (C=O) groups is 1. The third kappa shape index (κ3) is 4.85. The molecule has 1 heterocycles. The highest BCUT2D eigenvalue weighted by atomic mass is 32.2. The average molecular weight is 469 g/mol. The van der Waals surface area contributed by atoms with Crippen LogP contribution < -0.4 is 9.46 Å². The van der Waals surface area contributed by atoms with Crippen LogP contribution in [0.1, 0.15) is 36.1 Å². The van der Waals surface area contributed by atoms with Gasteiger partial charge in [0.15, 0.2) is 6.61 Å². The smallest absolute Gasteiger partial charge is 0.261 e. The van der Waals surface area contributed by atoms with Crippen molar-refractivity contribution in [3.05, 3.63) is 89.2 Å². The normalized spacial score (nSPS) is 14.8. The van der Waals surface area contributed by atoms with E-state index in [2.05, 4.69) is 4.72 Å². The molecule has 0 spiro atoms. The number of halogens is 1. The number of rotatable bonds is 6. The highest BCUT2D eigenvalue weighted by Gasteiger charge is 2.28. The third-order valence-corrected chi connectivity index (χ3v) is 7.10. The number of hydrogen-bond acceptors (Lipinski definition) is 4. The molecule has 1 aliphatic heterocycles. The number of benzene rings is 3. The van der Waals surface area contributed by atoms with Crippen molar-refractivity contribution >= 4 is 21.6 Å². The first-order valence-corrected chi connectivity index (χ1v) is 12.2. The maximum absolute atomic E-state index is 13.9. The van der Waals surface area contributed by atoms with Crippen LogP contribution in [0.2, 0.25) is 0 Å². The first-order chi connectivity index (χ1) is 15.8. The van der Waals surface area contributed by atoms with Crippen LogP contribution in [-0.4, -0.2) is 25.8 Å². The minimum absolute atomic E-state index is 0.0932. The number of anilines is 1. The van der Waals surface area contributed by atoms with E-state index in [9.17, 15) is 17.6 Å². The molecule has 1 atom stereocenters. The third-order valence-electron chi connectivity index (χ3n) is 5.73. The van der Waals surface area contributed by atoms with Gasteiger partial charge in [-0.05, 0) is 54.8 Å². The Bertz CT molecular complexity index is 1280. The van der Waals surface area contributed by atoms with Gasteiger partial charge in [0, 0.05) is 11.3 Å². The van der Waals surface area contributed by atoms with Crippen molar-refractivity contribution in [2.24, 2.45) is 0 Å². The first-order valence-electron chi connectivity index (χ1n) is 10.7. The Morgan fingerprint density at radius 1 is 1.09 bits per heavy atom. The number of hydrogen-bond donors (Lipinski definition) is 1. The van der Waals surface area contributed by atoms with Gasteiger partial charge in [-0.1, -0.05) is 43.3 Å². The maximum Gasteiger partial charge on any atom is 0.261 e. The molecule has 0 aromatic heterocycles. The van der Waals surface area contributed by atoms with Crippen molar-refractivity contribution in [1.29, 1.82) is 0 Å². The standard InChI is InChI=1S/C25H25FN2O4S/c1-3-23(18-7-5-4-6-8-18)28-15-19-13-20(10-12-24(19)32-16-25(28)29)27-33(30,31)21-11-9-17(2)22(26)14-21/h4-14,23,27H,3,15-16H2,1-2H3/t23-/m1/s1. The molecule has 0 bridgehead atoms. The van der Waals surface area contributed by atoms with Crippen molar-refractivity contribution in [3.8, 4) is 5.75 Å². The predicted octanol–water partition coefficient (Wildman–Crippen LogP) is 4.81. The molecule has 1 aliphatic rings. The SMILES string of the molecule is CC[C@H](c1ccccc1)N1Cc2cc(NS(=O)(=O)c3ccc(C)c(F)c3)ccc2OCC1=O. The van der Waals surface area contributed by atoms with E-state index in [1.165, 1.54) is 12.1 Å². The summed E-state index contributed by atoms with van der Waals surface area (Å²) in [6, 6.07) is 18.3. The number of carbonyl (C=O) groups excluding carboxylic acids is 1. The molecular weight excluding hydrogens is 443 g/mol. The lowest BCUT2D eigenvalue weighted by atomic mass is 10.0. The zero-order valence-electron chi connectivity index (χ0n) is 18.4. The second-order valence-electron chi connectivity index (χ2n) is 7.98. The summed E-state index contributed by atoms with van der Waals surface area (Å²) >= 11 is 0. The number of sulfonamides is 1. The van der Waals surface area contributed by atoms with Gasteiger partial charge in [-0.15, -0.1) is 0 Å². The molecule has 1 N–H and O–H groups in total. The van der Waals surface area contributed by atoms with Crippen LogP contribution in [0.15, 0.2) is 71.6 Å². The molecule has 3 aromatic rings. The van der Waals surface area contributed by atoms with Crippen LogP contribution in [0.3, 0.4) is 0 Å². The van der Waals surface area contributed by atoms with Crippen molar-refractivity contribution in [2.75, 3.05) is 11.3 Å². The number of amides is 1. The molecule has 0 aliphatic carbocycles. The van der Waals surface area contributed by atoms with Gasteiger partial charge in [-0.2, -0.15) is 0 Å². The zero-order chi connectivity index (χ0) is 23.6. The van der Waals surface area contributed by atoms with Gasteiger partial charge in [0.2, 0.25) is 0 Å². The average Bonchev–Trinajstić information content (AvgIpc) is 2.95. The first kappa shape index (κ1) is 22.8. The Labute approximate surface area is 193 Å². The molecular formula is C25H25FN2O4S. The van der Waals surface area contributed by atoms with E-state index < -0.39 is 15.8 Å². The van der Waals surface area contributed by atoms with Crippen LogP contribution in [0, 0.1) is 12.7 Å². The summed E-state index contributed by atoms with van der Waals surface area (Å²) in [6.07, 6.45) is 0.719. The number of nitrogens with one attached hydrogen (secondary N) is 1. The van der Waals surface area contributed by atoms with E-state index in [-0.39, 0.29) is 30.0 Å². The van der Waals surface area contributed by atoms with Crippen LogP contribution >= 0.6 is 0 Å². The Kier molecular flexibility index (Phi) is 6.37. The number of ether oxygens (including phenoxy) is 1. The second-order valence-corrected chi connectivity index (χ2v) is 9.67. The molecule has 4 rings (SSSR count). The van der Waals surface area contributed by atoms with Gasteiger partial charge in [0.05, 0.1) is 17.5 Å². The monoisotopic (exact) mass is 468 g/mol. The molecule has 0 radical (unpaired) electrons. The lowest BCUT2D eigenvalue weighted by Gasteiger charge is -2.30. The van der Waals surface area contributed by atoms with E-state index >= 15 is 0 Å². The topological polar surface area (TPSA) is 75.7 Å². The minimum Gasteiger partial charge on any atom is -0.483 e. The van der Waals surface area contributed by atoms with Crippen molar-refractivity contribution in [3.63, 3.8) is 0 Å². The fourth-order valence-electron chi connectivity index (χ4n) is 3.95. The summed E-state index contributed by atoms with van der Waals surface area (Å²) < 4.78 is 47.7. The molecule has 172 valence electrons. The van der Waals surface area contributed by atoms with Gasteiger partial charge < -0.3 is 9.64 Å². The summed E-state index contributed by atoms with van der Waals surface area (Å²) in [4.78, 5) is 14.5. The summed E-state index contributed by atoms with van der Waals surface area (Å²) in [5.41, 5.74) is 2.38. The van der Waals surface area contributed by atoms with Crippen molar-refractivity contribution in [1.82, 2.24) is 4.90 Å². The molecule has 33 heavy (non-hydrogen) atoms. The molecule has 6 nitrogen and oxygen atoms in total. The van der Waals surface area contributed by atoms with Gasteiger partial charge in [-0.3, -0.25) is 9.52 Å². The Morgan fingerprint density at radius 3 is 2.55 bits per heavy atom. The van der Waals surface area contributed by atoms with Crippen molar-refractivity contribution in [2.45, 2.75) is 37.8 Å². The minimum atomic E-state index is -3.99. The lowest BCUT2D eigenvalue weighted by molar-refractivity contribution is -0.135. The van der Waals surface area contributed by atoms with Gasteiger partial charge in [0.25, 0.3) is 15.9 Å². The summed E-state index contributed by atoms with van der Waals surface area (Å²) in [5.74, 6) is -0.203. The largest absolute Gasteiger partial charge is 0.483 e. The lowest BCUT2D eigenvalue weighted by Crippen LogP contribution is -2.35. The van der Waals surface area contributed by atoms with Crippen LogP contribution in [0.4, 0.5) is 10.1 Å². The Morgan fingerprint density at radius 2 is 1.85 bits per heavy atom. The molecule has 0 saturated carbocycles. The number of fused-ring (bicyclic) bond motifs is 1. The van der Waals surface area contributed by atoms with E-state index in [4.69, 9.17) is 4.74 Å². The summed E-state index contributed by atoms with van der Waals surface area (Å²) in [7, 11) is -3.99. The number of aryl methyl sites for hydroxylation is 1. The molecule has 0 saturated heterocycles. The van der Waals surface area contributed by atoms with E-state index in [1.54, 1.807) is 30.0 Å². The van der Waals surface area contributed by atoms with Gasteiger partial charge in [-0.25, -0.2) is 12.8 Å². The summed E-state index contributed by atoms with van der Waals surface area (Å²) in [5, 5.41) is 0. The van der Waals surface area contributed by atoms with Crippen molar-refractivity contribution < 1.29 is 22.3 Å². The quantitative estimate of drug-likeness (QED) is 0.564. The molecule has 8 heteroatoms. The number of nitrogens with zero attached hydrogens (tertiary/aromatic N) is 1. The second kappa shape index (κ2) is 9.23. The molecule has 3 aromatic carbocycles. The van der Waals surface area contributed by atoms with E-state index in [1.807, 2.05) is 37.3 Å². The van der Waals surface area contributed by atoms with E-state index in [0.717, 1.165) is 18.1 Å².